The van der Waals surface area contributed by atoms with Gasteiger partial charge in [0.15, 0.2) is 0 Å². The molecule has 0 atom stereocenters. The molecule has 0 aromatic heterocycles. The van der Waals surface area contributed by atoms with E-state index in [9.17, 15) is 0 Å². The summed E-state index contributed by atoms with van der Waals surface area (Å²) in [6.07, 6.45) is 0. The highest BCUT2D eigenvalue weighted by atomic mass is 14.7. The van der Waals surface area contributed by atoms with E-state index in [-0.39, 0.29) is 0 Å². The molecule has 3 aromatic rings. The van der Waals surface area contributed by atoms with Gasteiger partial charge in [0.1, 0.15) is 6.54 Å². The standard InChI is InChI=1S/C20H16N/c1-4-10-17(11-5-1)16-21-20(18-12-6-2-7-13-18)19-14-8-3-9-15-19/h1-16H. The molecule has 0 N–H and O–H groups in total. The highest BCUT2D eigenvalue weighted by Crippen LogP contribution is 2.13. The maximum absolute atomic E-state index is 4.73. The predicted molar refractivity (Wildman–Crippen MR) is 88.4 cm³/mol. The van der Waals surface area contributed by atoms with E-state index in [4.69, 9.17) is 4.99 Å². The molecule has 1 heteroatoms. The minimum absolute atomic E-state index is 0.986. The van der Waals surface area contributed by atoms with Gasteiger partial charge in [-0.2, -0.15) is 0 Å². The van der Waals surface area contributed by atoms with Crippen molar-refractivity contribution in [1.29, 1.82) is 0 Å². The number of benzene rings is 3. The number of hydrogen-bond acceptors (Lipinski definition) is 1. The van der Waals surface area contributed by atoms with Gasteiger partial charge in [0, 0.05) is 11.1 Å². The van der Waals surface area contributed by atoms with Gasteiger partial charge in [-0.15, -0.1) is 0 Å². The van der Waals surface area contributed by atoms with Crippen molar-refractivity contribution in [3.8, 4) is 0 Å². The summed E-state index contributed by atoms with van der Waals surface area (Å²) >= 11 is 0. The molecule has 0 saturated carbocycles. The Morgan fingerprint density at radius 2 is 1.00 bits per heavy atom. The summed E-state index contributed by atoms with van der Waals surface area (Å²) < 4.78 is 0. The zero-order valence-electron chi connectivity index (χ0n) is 11.7. The van der Waals surface area contributed by atoms with Gasteiger partial charge in [-0.1, -0.05) is 91.0 Å². The first-order valence-corrected chi connectivity index (χ1v) is 7.00. The Kier molecular flexibility index (Phi) is 4.23. The molecular formula is C20H16N. The number of hydrogen-bond donors (Lipinski definition) is 0. The molecule has 0 heterocycles. The fourth-order valence-electron chi connectivity index (χ4n) is 2.19. The Bertz CT molecular complexity index is 659. The molecule has 1 radical (unpaired) electrons. The van der Waals surface area contributed by atoms with E-state index in [1.807, 2.05) is 61.1 Å². The van der Waals surface area contributed by atoms with Crippen LogP contribution in [0, 0.1) is 6.54 Å². The fourth-order valence-corrected chi connectivity index (χ4v) is 2.19. The van der Waals surface area contributed by atoms with Gasteiger partial charge < -0.3 is 0 Å². The third-order valence-electron chi connectivity index (χ3n) is 3.24. The van der Waals surface area contributed by atoms with Crippen LogP contribution in [-0.4, -0.2) is 5.71 Å². The van der Waals surface area contributed by atoms with E-state index in [1.54, 1.807) is 0 Å². The first kappa shape index (κ1) is 13.3. The quantitative estimate of drug-likeness (QED) is 0.607. The number of rotatable bonds is 4. The minimum Gasteiger partial charge on any atom is -0.273 e. The molecule has 21 heavy (non-hydrogen) atoms. The Balaban J connectivity index is 1.97. The monoisotopic (exact) mass is 270 g/mol. The molecule has 3 aromatic carbocycles. The van der Waals surface area contributed by atoms with E-state index in [0.29, 0.717) is 0 Å². The molecule has 0 amide bonds. The van der Waals surface area contributed by atoms with Gasteiger partial charge in [-0.3, -0.25) is 4.99 Å². The van der Waals surface area contributed by atoms with E-state index in [0.717, 1.165) is 22.4 Å². The van der Waals surface area contributed by atoms with Crippen molar-refractivity contribution in [3.05, 3.63) is 114 Å². The van der Waals surface area contributed by atoms with Crippen LogP contribution in [0.5, 0.6) is 0 Å². The van der Waals surface area contributed by atoms with Crippen molar-refractivity contribution in [1.82, 2.24) is 0 Å². The van der Waals surface area contributed by atoms with Crippen LogP contribution >= 0.6 is 0 Å². The Hall–Kier alpha value is -2.67. The molecule has 0 aliphatic heterocycles. The Morgan fingerprint density at radius 3 is 1.48 bits per heavy atom. The van der Waals surface area contributed by atoms with E-state index < -0.39 is 0 Å². The molecule has 0 aliphatic carbocycles. The molecule has 0 aliphatic rings. The molecule has 3 rings (SSSR count). The first-order chi connectivity index (χ1) is 10.4. The minimum atomic E-state index is 0.986. The zero-order chi connectivity index (χ0) is 14.3. The lowest BCUT2D eigenvalue weighted by atomic mass is 10.0. The van der Waals surface area contributed by atoms with Crippen LogP contribution in [0.4, 0.5) is 0 Å². The molecule has 0 fully saturated rings. The van der Waals surface area contributed by atoms with Crippen molar-refractivity contribution in [2.24, 2.45) is 4.99 Å². The van der Waals surface area contributed by atoms with Gasteiger partial charge in [-0.25, -0.2) is 0 Å². The summed E-state index contributed by atoms with van der Waals surface area (Å²) in [6.45, 7) is 1.91. The van der Waals surface area contributed by atoms with Crippen molar-refractivity contribution in [2.45, 2.75) is 0 Å². The summed E-state index contributed by atoms with van der Waals surface area (Å²) in [5.41, 5.74) is 4.33. The lowest BCUT2D eigenvalue weighted by Crippen LogP contribution is -2.03. The summed E-state index contributed by atoms with van der Waals surface area (Å²) in [6, 6.07) is 30.7. The third kappa shape index (κ3) is 3.46. The second-order valence-corrected chi connectivity index (χ2v) is 4.75. The second kappa shape index (κ2) is 6.67. The molecule has 101 valence electrons. The largest absolute Gasteiger partial charge is 0.273 e. The second-order valence-electron chi connectivity index (χ2n) is 4.75. The normalized spacial score (nSPS) is 10.1. The highest BCUT2D eigenvalue weighted by Gasteiger charge is 2.05. The third-order valence-corrected chi connectivity index (χ3v) is 3.24. The summed E-state index contributed by atoms with van der Waals surface area (Å²) in [5.74, 6) is 0. The molecule has 0 unspecified atom stereocenters. The van der Waals surface area contributed by atoms with Crippen molar-refractivity contribution in [3.63, 3.8) is 0 Å². The predicted octanol–water partition coefficient (Wildman–Crippen LogP) is 4.73. The summed E-state index contributed by atoms with van der Waals surface area (Å²) in [7, 11) is 0. The molecule has 0 saturated heterocycles. The lowest BCUT2D eigenvalue weighted by Gasteiger charge is -2.07. The summed E-state index contributed by atoms with van der Waals surface area (Å²) in [5, 5.41) is 0. The van der Waals surface area contributed by atoms with E-state index in [2.05, 4.69) is 36.4 Å². The van der Waals surface area contributed by atoms with E-state index >= 15 is 0 Å². The fraction of sp³-hybridized carbons (Fsp3) is 0. The Morgan fingerprint density at radius 1 is 0.571 bits per heavy atom. The molecule has 0 bridgehead atoms. The highest BCUT2D eigenvalue weighted by molar-refractivity contribution is 6.13. The van der Waals surface area contributed by atoms with Crippen LogP contribution < -0.4 is 0 Å². The summed E-state index contributed by atoms with van der Waals surface area (Å²) in [4.78, 5) is 4.73. The maximum atomic E-state index is 4.73. The van der Waals surface area contributed by atoms with Gasteiger partial charge in [0.05, 0.1) is 5.71 Å². The van der Waals surface area contributed by atoms with Crippen LogP contribution in [0.3, 0.4) is 0 Å². The Labute approximate surface area is 125 Å². The van der Waals surface area contributed by atoms with Crippen molar-refractivity contribution in [2.75, 3.05) is 0 Å². The van der Waals surface area contributed by atoms with Gasteiger partial charge in [0.2, 0.25) is 0 Å². The van der Waals surface area contributed by atoms with Crippen LogP contribution in [0.15, 0.2) is 96.0 Å². The molecular weight excluding hydrogens is 254 g/mol. The smallest absolute Gasteiger partial charge is 0.102 e. The average molecular weight is 270 g/mol. The average Bonchev–Trinajstić information content (AvgIpc) is 2.58. The first-order valence-electron chi connectivity index (χ1n) is 7.00. The number of nitrogens with zero attached hydrogens (tertiary/aromatic N) is 1. The molecule has 0 spiro atoms. The zero-order valence-corrected chi connectivity index (χ0v) is 11.7. The van der Waals surface area contributed by atoms with Gasteiger partial charge in [-0.05, 0) is 5.56 Å². The van der Waals surface area contributed by atoms with Crippen LogP contribution in [-0.2, 0) is 0 Å². The van der Waals surface area contributed by atoms with Gasteiger partial charge >= 0.3 is 0 Å². The van der Waals surface area contributed by atoms with E-state index in [1.165, 1.54) is 0 Å². The van der Waals surface area contributed by atoms with Crippen molar-refractivity contribution >= 4 is 5.71 Å². The van der Waals surface area contributed by atoms with Crippen LogP contribution in [0.2, 0.25) is 0 Å². The van der Waals surface area contributed by atoms with Crippen LogP contribution in [0.1, 0.15) is 16.7 Å². The maximum Gasteiger partial charge on any atom is 0.102 e. The lowest BCUT2D eigenvalue weighted by molar-refractivity contribution is 1.33. The SMILES string of the molecule is [CH](N=C(c1ccccc1)c1ccccc1)c1ccccc1. The number of aliphatic imine (C=N–C) groups is 1. The topological polar surface area (TPSA) is 12.4 Å². The van der Waals surface area contributed by atoms with Crippen LogP contribution in [0.25, 0.3) is 0 Å². The van der Waals surface area contributed by atoms with Gasteiger partial charge in [0.25, 0.3) is 0 Å². The van der Waals surface area contributed by atoms with Crippen molar-refractivity contribution < 1.29 is 0 Å². The molecule has 1 nitrogen and oxygen atoms in total.